The molecule has 2 amide bonds. The molecule has 5 nitrogen and oxygen atoms in total. The molecule has 2 aromatic carbocycles. The van der Waals surface area contributed by atoms with Crippen molar-refractivity contribution in [3.05, 3.63) is 69.8 Å². The van der Waals surface area contributed by atoms with E-state index in [4.69, 9.17) is 11.6 Å². The molecule has 0 aliphatic heterocycles. The average Bonchev–Trinajstić information content (AvgIpc) is 2.69. The second-order valence-corrected chi connectivity index (χ2v) is 7.95. The summed E-state index contributed by atoms with van der Waals surface area (Å²) in [5, 5.41) is 7.35. The van der Waals surface area contributed by atoms with Crippen LogP contribution < -0.4 is 10.7 Å². The molecule has 2 aromatic rings. The lowest BCUT2D eigenvalue weighted by molar-refractivity contribution is -0.124. The monoisotopic (exact) mass is 425 g/mol. The zero-order valence-corrected chi connectivity index (χ0v) is 18.6. The van der Waals surface area contributed by atoms with Gasteiger partial charge in [0.25, 0.3) is 0 Å². The van der Waals surface area contributed by atoms with Crippen molar-refractivity contribution in [2.75, 3.05) is 5.32 Å². The van der Waals surface area contributed by atoms with E-state index < -0.39 is 0 Å². The van der Waals surface area contributed by atoms with Gasteiger partial charge in [0.05, 0.1) is 6.21 Å². The fraction of sp³-hybridized carbons (Fsp3) is 0.292. The maximum atomic E-state index is 12.0. The quantitative estimate of drug-likeness (QED) is 0.421. The molecule has 0 aliphatic carbocycles. The Morgan fingerprint density at radius 1 is 1.07 bits per heavy atom. The van der Waals surface area contributed by atoms with Crippen LogP contribution in [0.15, 0.2) is 53.1 Å². The first kappa shape index (κ1) is 23.4. The highest BCUT2D eigenvalue weighted by atomic mass is 35.5. The molecule has 0 heterocycles. The maximum Gasteiger partial charge on any atom is 0.240 e. The van der Waals surface area contributed by atoms with Gasteiger partial charge in [0.2, 0.25) is 11.8 Å². The molecule has 0 fully saturated rings. The van der Waals surface area contributed by atoms with Crippen LogP contribution in [0.2, 0.25) is 5.02 Å². The summed E-state index contributed by atoms with van der Waals surface area (Å²) in [5.74, 6) is -0.0537. The molecule has 2 N–H and O–H groups in total. The molecule has 0 aliphatic rings. The SMILES string of the molecule is CC(=C/c1ccc(C(C)C)cc1)/C=N/NC(=O)CCC(=O)Nc1ccc(Cl)cc1C. The summed E-state index contributed by atoms with van der Waals surface area (Å²) in [6.07, 6.45) is 3.70. The van der Waals surface area contributed by atoms with Crippen molar-refractivity contribution in [1.29, 1.82) is 0 Å². The van der Waals surface area contributed by atoms with Crippen LogP contribution in [0.3, 0.4) is 0 Å². The smallest absolute Gasteiger partial charge is 0.240 e. The van der Waals surface area contributed by atoms with Crippen molar-refractivity contribution < 1.29 is 9.59 Å². The summed E-state index contributed by atoms with van der Waals surface area (Å²) in [6.45, 7) is 8.09. The summed E-state index contributed by atoms with van der Waals surface area (Å²) in [7, 11) is 0. The highest BCUT2D eigenvalue weighted by Crippen LogP contribution is 2.20. The molecule has 0 spiro atoms. The molecule has 0 unspecified atom stereocenters. The van der Waals surface area contributed by atoms with Gasteiger partial charge in [0.15, 0.2) is 0 Å². The Balaban J connectivity index is 1.77. The highest BCUT2D eigenvalue weighted by Gasteiger charge is 2.08. The molecule has 2 rings (SSSR count). The second kappa shape index (κ2) is 11.3. The molecule has 0 bridgehead atoms. The molecule has 0 saturated heterocycles. The Bertz CT molecular complexity index is 947. The molecule has 158 valence electrons. The topological polar surface area (TPSA) is 70.6 Å². The van der Waals surface area contributed by atoms with Crippen LogP contribution in [0.25, 0.3) is 6.08 Å². The Labute approximate surface area is 183 Å². The van der Waals surface area contributed by atoms with Crippen LogP contribution in [0.4, 0.5) is 5.69 Å². The van der Waals surface area contributed by atoms with E-state index in [0.717, 1.165) is 16.7 Å². The van der Waals surface area contributed by atoms with Crippen molar-refractivity contribution in [2.45, 2.75) is 46.5 Å². The van der Waals surface area contributed by atoms with Crippen LogP contribution >= 0.6 is 11.6 Å². The number of anilines is 1. The normalized spacial score (nSPS) is 11.7. The number of carbonyl (C=O) groups excluding carboxylic acids is 2. The summed E-state index contributed by atoms with van der Waals surface area (Å²) >= 11 is 5.91. The van der Waals surface area contributed by atoms with Crippen molar-refractivity contribution in [2.24, 2.45) is 5.10 Å². The predicted octanol–water partition coefficient (Wildman–Crippen LogP) is 5.70. The van der Waals surface area contributed by atoms with E-state index in [2.05, 4.69) is 54.0 Å². The number of nitrogens with one attached hydrogen (secondary N) is 2. The van der Waals surface area contributed by atoms with Crippen molar-refractivity contribution in [3.8, 4) is 0 Å². The Hall–Kier alpha value is -2.92. The van der Waals surface area contributed by atoms with Crippen LogP contribution in [0, 0.1) is 6.92 Å². The number of amides is 2. The van der Waals surface area contributed by atoms with Crippen LogP contribution in [-0.2, 0) is 9.59 Å². The average molecular weight is 426 g/mol. The van der Waals surface area contributed by atoms with E-state index in [-0.39, 0.29) is 24.7 Å². The minimum absolute atomic E-state index is 0.0508. The Kier molecular flexibility index (Phi) is 8.81. The number of hydrogen-bond acceptors (Lipinski definition) is 3. The molecular formula is C24H28ClN3O2. The van der Waals surface area contributed by atoms with Gasteiger partial charge < -0.3 is 5.32 Å². The minimum atomic E-state index is -0.316. The fourth-order valence-corrected chi connectivity index (χ4v) is 2.97. The summed E-state index contributed by atoms with van der Waals surface area (Å²) in [4.78, 5) is 23.9. The molecule has 0 radical (unpaired) electrons. The second-order valence-electron chi connectivity index (χ2n) is 7.51. The number of allylic oxidation sites excluding steroid dienone is 1. The first-order valence-electron chi connectivity index (χ1n) is 9.90. The first-order chi connectivity index (χ1) is 14.2. The van der Waals surface area contributed by atoms with Crippen LogP contribution in [0.1, 0.15) is 56.2 Å². The zero-order chi connectivity index (χ0) is 22.1. The van der Waals surface area contributed by atoms with Gasteiger partial charge in [0, 0.05) is 23.6 Å². The standard InChI is InChI=1S/C24H28ClN3O2/c1-16(2)20-7-5-19(6-8-20)13-17(3)15-26-28-24(30)12-11-23(29)27-22-10-9-21(25)14-18(22)4/h5-10,13-16H,11-12H2,1-4H3,(H,27,29)(H,28,30)/b17-13-,26-15+. The van der Waals surface area contributed by atoms with Crippen molar-refractivity contribution in [3.63, 3.8) is 0 Å². The Morgan fingerprint density at radius 3 is 2.37 bits per heavy atom. The first-order valence-corrected chi connectivity index (χ1v) is 10.3. The van der Waals surface area contributed by atoms with E-state index in [1.165, 1.54) is 5.56 Å². The third-order valence-corrected chi connectivity index (χ3v) is 4.73. The molecule has 30 heavy (non-hydrogen) atoms. The Morgan fingerprint density at radius 2 is 1.73 bits per heavy atom. The highest BCUT2D eigenvalue weighted by molar-refractivity contribution is 6.30. The summed E-state index contributed by atoms with van der Waals surface area (Å²) in [5.41, 5.74) is 7.28. The summed E-state index contributed by atoms with van der Waals surface area (Å²) < 4.78 is 0. The third-order valence-electron chi connectivity index (χ3n) is 4.50. The summed E-state index contributed by atoms with van der Waals surface area (Å²) in [6, 6.07) is 13.6. The number of nitrogens with zero attached hydrogens (tertiary/aromatic N) is 1. The maximum absolute atomic E-state index is 12.0. The molecule has 6 heteroatoms. The number of aryl methyl sites for hydroxylation is 1. The predicted molar refractivity (Wildman–Crippen MR) is 125 cm³/mol. The molecule has 0 atom stereocenters. The molecule has 0 saturated carbocycles. The lowest BCUT2D eigenvalue weighted by Crippen LogP contribution is -2.20. The number of halogens is 1. The van der Waals surface area contributed by atoms with Gasteiger partial charge in [-0.3, -0.25) is 9.59 Å². The van der Waals surface area contributed by atoms with E-state index in [0.29, 0.717) is 16.6 Å². The lowest BCUT2D eigenvalue weighted by atomic mass is 10.0. The third kappa shape index (κ3) is 7.84. The number of rotatable bonds is 8. The van der Waals surface area contributed by atoms with E-state index in [1.54, 1.807) is 24.4 Å². The van der Waals surface area contributed by atoms with Gasteiger partial charge in [0.1, 0.15) is 0 Å². The van der Waals surface area contributed by atoms with Gasteiger partial charge in [-0.1, -0.05) is 55.8 Å². The largest absolute Gasteiger partial charge is 0.326 e. The minimum Gasteiger partial charge on any atom is -0.326 e. The van der Waals surface area contributed by atoms with Gasteiger partial charge in [-0.05, 0) is 60.2 Å². The van der Waals surface area contributed by atoms with E-state index in [9.17, 15) is 9.59 Å². The van der Waals surface area contributed by atoms with Crippen molar-refractivity contribution in [1.82, 2.24) is 5.43 Å². The van der Waals surface area contributed by atoms with Crippen LogP contribution in [-0.4, -0.2) is 18.0 Å². The number of hydrazone groups is 1. The number of benzene rings is 2. The van der Waals surface area contributed by atoms with Gasteiger partial charge >= 0.3 is 0 Å². The molecule has 0 aromatic heterocycles. The number of carbonyl (C=O) groups is 2. The van der Waals surface area contributed by atoms with Gasteiger partial charge in [-0.2, -0.15) is 5.10 Å². The lowest BCUT2D eigenvalue weighted by Gasteiger charge is -2.08. The van der Waals surface area contributed by atoms with Crippen LogP contribution in [0.5, 0.6) is 0 Å². The van der Waals surface area contributed by atoms with Crippen molar-refractivity contribution >= 4 is 41.4 Å². The number of hydrogen-bond donors (Lipinski definition) is 2. The zero-order valence-electron chi connectivity index (χ0n) is 17.8. The van der Waals surface area contributed by atoms with Gasteiger partial charge in [-0.15, -0.1) is 0 Å². The van der Waals surface area contributed by atoms with E-state index >= 15 is 0 Å². The van der Waals surface area contributed by atoms with E-state index in [1.807, 2.05) is 19.9 Å². The fourth-order valence-electron chi connectivity index (χ4n) is 2.75. The van der Waals surface area contributed by atoms with Gasteiger partial charge in [-0.25, -0.2) is 5.43 Å². The molecular weight excluding hydrogens is 398 g/mol.